The number of fused-ring (bicyclic) bond motifs is 1. The molecule has 2 aromatic carbocycles. The first-order valence-corrected chi connectivity index (χ1v) is 11.0. The molecule has 2 heterocycles. The second-order valence-corrected chi connectivity index (χ2v) is 7.84. The quantitative estimate of drug-likeness (QED) is 0.332. The fraction of sp³-hybridized carbons (Fsp3) is 0.192. The van der Waals surface area contributed by atoms with Crippen molar-refractivity contribution in [2.45, 2.75) is 13.0 Å². The first kappa shape index (κ1) is 25.6. The zero-order valence-corrected chi connectivity index (χ0v) is 20.1. The van der Waals surface area contributed by atoms with Crippen LogP contribution in [0.15, 0.2) is 55.0 Å². The third-order valence-corrected chi connectivity index (χ3v) is 5.29. The predicted octanol–water partition coefficient (Wildman–Crippen LogP) is 4.73. The molecule has 37 heavy (non-hydrogen) atoms. The molecule has 1 amide bonds. The van der Waals surface area contributed by atoms with Crippen LogP contribution in [0.4, 0.5) is 14.5 Å². The van der Waals surface area contributed by atoms with E-state index in [-0.39, 0.29) is 29.4 Å². The largest absolute Gasteiger partial charge is 0.496 e. The van der Waals surface area contributed by atoms with E-state index in [1.54, 1.807) is 19.1 Å². The van der Waals surface area contributed by atoms with Crippen LogP contribution in [-0.4, -0.2) is 47.9 Å². The van der Waals surface area contributed by atoms with Crippen molar-refractivity contribution < 1.29 is 37.6 Å². The number of nitrogens with one attached hydrogen (secondary N) is 1. The highest BCUT2D eigenvalue weighted by Gasteiger charge is 2.20. The van der Waals surface area contributed by atoms with Gasteiger partial charge in [-0.2, -0.15) is 0 Å². The van der Waals surface area contributed by atoms with Gasteiger partial charge in [0.05, 0.1) is 31.9 Å². The number of aliphatic hydroxyl groups excluding tert-OH is 1. The van der Waals surface area contributed by atoms with Crippen molar-refractivity contribution in [2.24, 2.45) is 0 Å². The minimum atomic E-state index is -1.04. The Morgan fingerprint density at radius 3 is 2.38 bits per heavy atom. The van der Waals surface area contributed by atoms with E-state index >= 15 is 0 Å². The summed E-state index contributed by atoms with van der Waals surface area (Å²) < 4.78 is 51.7. The zero-order valence-electron chi connectivity index (χ0n) is 20.1. The number of aliphatic hydroxyl groups is 1. The topological polar surface area (TPSA) is 112 Å². The van der Waals surface area contributed by atoms with Crippen LogP contribution in [0.2, 0.25) is 0 Å². The number of anilines is 1. The van der Waals surface area contributed by atoms with Gasteiger partial charge in [0.1, 0.15) is 17.6 Å². The molecule has 0 aliphatic rings. The number of carbonyl (C=O) groups is 1. The van der Waals surface area contributed by atoms with Crippen LogP contribution in [0.1, 0.15) is 17.3 Å². The van der Waals surface area contributed by atoms with Gasteiger partial charge in [0.25, 0.3) is 5.91 Å². The highest BCUT2D eigenvalue weighted by Crippen LogP contribution is 2.39. The molecule has 4 rings (SSSR count). The smallest absolute Gasteiger partial charge is 0.261 e. The number of halogens is 2. The second kappa shape index (κ2) is 11.0. The Bertz CT molecular complexity index is 1430. The molecule has 9 nitrogen and oxygen atoms in total. The monoisotopic (exact) mass is 511 g/mol. The molecule has 0 spiro atoms. The number of carbonyl (C=O) groups excluding carboxylic acids is 1. The lowest BCUT2D eigenvalue weighted by molar-refractivity contribution is 0.102. The van der Waals surface area contributed by atoms with Gasteiger partial charge < -0.3 is 29.4 Å². The van der Waals surface area contributed by atoms with Gasteiger partial charge in [0.2, 0.25) is 0 Å². The summed E-state index contributed by atoms with van der Waals surface area (Å²) in [6.45, 7) is 1.43. The number of benzene rings is 2. The van der Waals surface area contributed by atoms with Gasteiger partial charge in [-0.25, -0.2) is 8.78 Å². The van der Waals surface area contributed by atoms with Crippen molar-refractivity contribution in [1.29, 1.82) is 0 Å². The van der Waals surface area contributed by atoms with Gasteiger partial charge in [-0.1, -0.05) is 0 Å². The maximum absolute atomic E-state index is 15.0. The van der Waals surface area contributed by atoms with Crippen molar-refractivity contribution in [3.63, 3.8) is 0 Å². The molecule has 4 aromatic rings. The third-order valence-electron chi connectivity index (χ3n) is 5.29. The number of hydrogen-bond donors (Lipinski definition) is 2. The van der Waals surface area contributed by atoms with Gasteiger partial charge in [0.15, 0.2) is 28.9 Å². The maximum atomic E-state index is 15.0. The Morgan fingerprint density at radius 1 is 1.00 bits per heavy atom. The first-order valence-electron chi connectivity index (χ1n) is 11.0. The summed E-state index contributed by atoms with van der Waals surface area (Å²) in [5, 5.41) is 12.1. The van der Waals surface area contributed by atoms with Gasteiger partial charge in [-0.05, 0) is 25.1 Å². The molecule has 2 N–H and O–H groups in total. The minimum Gasteiger partial charge on any atom is -0.496 e. The number of methoxy groups -OCH3 is 2. The average molecular weight is 511 g/mol. The number of hydrogen-bond acceptors (Lipinski definition) is 8. The summed E-state index contributed by atoms with van der Waals surface area (Å²) in [7, 11) is 2.84. The Morgan fingerprint density at radius 2 is 1.70 bits per heavy atom. The molecule has 0 unspecified atom stereocenters. The van der Waals surface area contributed by atoms with Gasteiger partial charge >= 0.3 is 0 Å². The number of pyridine rings is 2. The molecule has 2 aromatic heterocycles. The minimum absolute atomic E-state index is 0.0957. The predicted molar refractivity (Wildman–Crippen MR) is 131 cm³/mol. The van der Waals surface area contributed by atoms with E-state index in [9.17, 15) is 18.7 Å². The van der Waals surface area contributed by atoms with E-state index in [0.29, 0.717) is 22.4 Å². The SMILES string of the molecule is COc1cc2nccc(Oc3c(F)cc(NC(=O)c4cnccc4OC)cc3F)c2cc1O[C@@H](C)CO. The summed E-state index contributed by atoms with van der Waals surface area (Å²) in [6, 6.07) is 7.93. The Kier molecular flexibility index (Phi) is 7.63. The summed E-state index contributed by atoms with van der Waals surface area (Å²) >= 11 is 0. The number of amides is 1. The fourth-order valence-corrected chi connectivity index (χ4v) is 3.49. The molecular formula is C26H23F2N3O6. The lowest BCUT2D eigenvalue weighted by atomic mass is 10.1. The molecule has 0 aliphatic heterocycles. The van der Waals surface area contributed by atoms with Crippen molar-refractivity contribution >= 4 is 22.5 Å². The van der Waals surface area contributed by atoms with Gasteiger partial charge in [-0.3, -0.25) is 14.8 Å². The van der Waals surface area contributed by atoms with Gasteiger partial charge in [-0.15, -0.1) is 0 Å². The molecule has 0 bridgehead atoms. The van der Waals surface area contributed by atoms with Crippen molar-refractivity contribution in [2.75, 3.05) is 26.1 Å². The average Bonchev–Trinajstić information content (AvgIpc) is 2.90. The molecule has 0 saturated heterocycles. The summed E-state index contributed by atoms with van der Waals surface area (Å²) in [5.74, 6) is -2.41. The van der Waals surface area contributed by atoms with Crippen LogP contribution in [0.5, 0.6) is 28.7 Å². The van der Waals surface area contributed by atoms with Crippen molar-refractivity contribution in [3.8, 4) is 28.7 Å². The third kappa shape index (κ3) is 5.51. The van der Waals surface area contributed by atoms with E-state index < -0.39 is 29.4 Å². The number of aromatic nitrogens is 2. The first-order chi connectivity index (χ1) is 17.8. The van der Waals surface area contributed by atoms with E-state index in [1.807, 2.05) is 0 Å². The molecule has 0 radical (unpaired) electrons. The van der Waals surface area contributed by atoms with E-state index in [2.05, 4.69) is 15.3 Å². The normalized spacial score (nSPS) is 11.6. The highest BCUT2D eigenvalue weighted by atomic mass is 19.1. The van der Waals surface area contributed by atoms with Crippen LogP contribution in [0.25, 0.3) is 10.9 Å². The van der Waals surface area contributed by atoms with E-state index in [0.717, 1.165) is 12.1 Å². The van der Waals surface area contributed by atoms with Crippen LogP contribution >= 0.6 is 0 Å². The molecule has 1 atom stereocenters. The summed E-state index contributed by atoms with van der Waals surface area (Å²) in [5.41, 5.74) is 0.392. The standard InChI is InChI=1S/C26H23F2N3O6/c1-14(13-32)36-24-10-16-20(11-23(24)35-3)30-7-5-22(16)37-25-18(27)8-15(9-19(25)28)31-26(33)17-12-29-6-4-21(17)34-2/h4-12,14,32H,13H2,1-3H3,(H,31,33)/t14-/m0/s1. The van der Waals surface area contributed by atoms with Crippen molar-refractivity contribution in [1.82, 2.24) is 9.97 Å². The Labute approximate surface area is 210 Å². The van der Waals surface area contributed by atoms with Crippen LogP contribution in [0, 0.1) is 11.6 Å². The highest BCUT2D eigenvalue weighted by molar-refractivity contribution is 6.06. The van der Waals surface area contributed by atoms with Crippen LogP contribution in [-0.2, 0) is 0 Å². The van der Waals surface area contributed by atoms with Crippen LogP contribution in [0.3, 0.4) is 0 Å². The van der Waals surface area contributed by atoms with Gasteiger partial charge in [0, 0.05) is 47.9 Å². The number of rotatable bonds is 9. The number of nitrogens with zero attached hydrogens (tertiary/aromatic N) is 2. The lowest BCUT2D eigenvalue weighted by Crippen LogP contribution is -2.16. The Hall–Kier alpha value is -4.51. The molecular weight excluding hydrogens is 488 g/mol. The van der Waals surface area contributed by atoms with Crippen molar-refractivity contribution in [3.05, 3.63) is 72.2 Å². The molecule has 0 aliphatic carbocycles. The van der Waals surface area contributed by atoms with E-state index in [4.69, 9.17) is 18.9 Å². The van der Waals surface area contributed by atoms with E-state index in [1.165, 1.54) is 44.9 Å². The summed E-state index contributed by atoms with van der Waals surface area (Å²) in [6.07, 6.45) is 3.61. The fourth-order valence-electron chi connectivity index (χ4n) is 3.49. The molecule has 0 saturated carbocycles. The number of ether oxygens (including phenoxy) is 4. The zero-order chi connectivity index (χ0) is 26.5. The Balaban J connectivity index is 1.65. The maximum Gasteiger partial charge on any atom is 0.261 e. The lowest BCUT2D eigenvalue weighted by Gasteiger charge is -2.17. The van der Waals surface area contributed by atoms with Crippen LogP contribution < -0.4 is 24.3 Å². The molecule has 11 heteroatoms. The second-order valence-electron chi connectivity index (χ2n) is 7.84. The molecule has 192 valence electrons. The summed E-state index contributed by atoms with van der Waals surface area (Å²) in [4.78, 5) is 20.7. The molecule has 0 fully saturated rings.